The zero-order chi connectivity index (χ0) is 8.72. The molecule has 0 aliphatic carbocycles. The molecule has 2 aromatic heterocycles. The van der Waals surface area contributed by atoms with Crippen LogP contribution >= 0.6 is 15.9 Å². The van der Waals surface area contributed by atoms with Gasteiger partial charge in [-0.1, -0.05) is 0 Å². The Labute approximate surface area is 79.4 Å². The number of imidazole rings is 1. The van der Waals surface area contributed by atoms with Crippen molar-refractivity contribution in [3.63, 3.8) is 0 Å². The Morgan fingerprint density at radius 2 is 2.17 bits per heavy atom. The topological polar surface area (TPSA) is 17.3 Å². The van der Waals surface area contributed by atoms with E-state index >= 15 is 0 Å². The predicted octanol–water partition coefficient (Wildman–Crippen LogP) is 2.71. The van der Waals surface area contributed by atoms with Crippen LogP contribution in [0.5, 0.6) is 0 Å². The van der Waals surface area contributed by atoms with Gasteiger partial charge in [0.05, 0.1) is 11.2 Å². The maximum atomic E-state index is 4.38. The summed E-state index contributed by atoms with van der Waals surface area (Å²) in [5.41, 5.74) is 2.23. The van der Waals surface area contributed by atoms with E-state index in [2.05, 4.69) is 25.3 Å². The highest BCUT2D eigenvalue weighted by atomic mass is 79.9. The number of fused-ring (bicyclic) bond motifs is 1. The number of aryl methyl sites for hydroxylation is 2. The van der Waals surface area contributed by atoms with E-state index in [9.17, 15) is 0 Å². The monoisotopic (exact) mass is 224 g/mol. The summed E-state index contributed by atoms with van der Waals surface area (Å²) in [4.78, 5) is 4.38. The van der Waals surface area contributed by atoms with E-state index in [1.54, 1.807) is 0 Å². The molecule has 0 bridgehead atoms. The Bertz CT molecular complexity index is 431. The first-order valence-corrected chi connectivity index (χ1v) is 4.59. The van der Waals surface area contributed by atoms with Gasteiger partial charge in [-0.25, -0.2) is 4.98 Å². The first kappa shape index (κ1) is 7.80. The molecule has 0 aliphatic rings. The van der Waals surface area contributed by atoms with Crippen molar-refractivity contribution in [2.75, 3.05) is 0 Å². The van der Waals surface area contributed by atoms with Crippen LogP contribution in [0.3, 0.4) is 0 Å². The summed E-state index contributed by atoms with van der Waals surface area (Å²) in [5.74, 6) is 1.03. The summed E-state index contributed by atoms with van der Waals surface area (Å²) < 4.78 is 3.18. The van der Waals surface area contributed by atoms with Gasteiger partial charge >= 0.3 is 0 Å². The Morgan fingerprint density at radius 1 is 1.42 bits per heavy atom. The number of rotatable bonds is 0. The summed E-state index contributed by atoms with van der Waals surface area (Å²) in [5, 5.41) is 0. The minimum atomic E-state index is 1.03. The lowest BCUT2D eigenvalue weighted by atomic mass is 10.3. The summed E-state index contributed by atoms with van der Waals surface area (Å²) in [7, 11) is 0. The Hall–Kier alpha value is -0.830. The molecule has 2 rings (SSSR count). The Balaban J connectivity index is 2.99. The first-order chi connectivity index (χ1) is 5.70. The van der Waals surface area contributed by atoms with E-state index in [0.717, 1.165) is 21.5 Å². The molecule has 0 saturated heterocycles. The lowest BCUT2D eigenvalue weighted by Gasteiger charge is -1.97. The van der Waals surface area contributed by atoms with Crippen molar-refractivity contribution in [3.05, 3.63) is 34.3 Å². The van der Waals surface area contributed by atoms with Crippen molar-refractivity contribution < 1.29 is 0 Å². The van der Waals surface area contributed by atoms with Crippen LogP contribution in [0.4, 0.5) is 0 Å². The fraction of sp³-hybridized carbons (Fsp3) is 0.222. The molecular formula is C9H9BrN2. The molecule has 3 heteroatoms. The van der Waals surface area contributed by atoms with Gasteiger partial charge < -0.3 is 4.40 Å². The van der Waals surface area contributed by atoms with Gasteiger partial charge in [-0.05, 0) is 41.9 Å². The molecular weight excluding hydrogens is 216 g/mol. The van der Waals surface area contributed by atoms with Gasteiger partial charge in [-0.15, -0.1) is 0 Å². The molecule has 0 spiro atoms. The molecule has 0 fully saturated rings. The quantitative estimate of drug-likeness (QED) is 0.673. The minimum Gasteiger partial charge on any atom is -0.303 e. The van der Waals surface area contributed by atoms with Gasteiger partial charge in [0.25, 0.3) is 0 Å². The molecule has 0 unspecified atom stereocenters. The van der Waals surface area contributed by atoms with E-state index in [1.165, 1.54) is 0 Å². The number of aromatic nitrogens is 2. The molecule has 2 aromatic rings. The van der Waals surface area contributed by atoms with Crippen LogP contribution in [0.1, 0.15) is 11.5 Å². The molecule has 0 aliphatic heterocycles. The second-order valence-electron chi connectivity index (χ2n) is 2.82. The average molecular weight is 225 g/mol. The van der Waals surface area contributed by atoms with Crippen LogP contribution in [0, 0.1) is 13.8 Å². The van der Waals surface area contributed by atoms with Crippen molar-refractivity contribution >= 4 is 21.4 Å². The second-order valence-corrected chi connectivity index (χ2v) is 3.67. The fourth-order valence-electron chi connectivity index (χ4n) is 1.45. The summed E-state index contributed by atoms with van der Waals surface area (Å²) in [6.07, 6.45) is 2.02. The van der Waals surface area contributed by atoms with Gasteiger partial charge in [0.2, 0.25) is 0 Å². The molecule has 0 amide bonds. The maximum Gasteiger partial charge on any atom is 0.110 e. The third kappa shape index (κ3) is 0.966. The largest absolute Gasteiger partial charge is 0.303 e. The van der Waals surface area contributed by atoms with Crippen LogP contribution in [-0.4, -0.2) is 9.38 Å². The lowest BCUT2D eigenvalue weighted by molar-refractivity contribution is 1.04. The average Bonchev–Trinajstić information content (AvgIpc) is 2.29. The van der Waals surface area contributed by atoms with Crippen molar-refractivity contribution in [3.8, 4) is 0 Å². The molecule has 12 heavy (non-hydrogen) atoms. The van der Waals surface area contributed by atoms with Crippen LogP contribution in [0.2, 0.25) is 0 Å². The van der Waals surface area contributed by atoms with Gasteiger partial charge in [-0.2, -0.15) is 0 Å². The lowest BCUT2D eigenvalue weighted by Crippen LogP contribution is -1.86. The highest BCUT2D eigenvalue weighted by molar-refractivity contribution is 9.10. The number of nitrogens with zero attached hydrogens (tertiary/aromatic N) is 2. The van der Waals surface area contributed by atoms with Gasteiger partial charge in [-0.3, -0.25) is 0 Å². The van der Waals surface area contributed by atoms with E-state index in [4.69, 9.17) is 0 Å². The highest BCUT2D eigenvalue weighted by Gasteiger charge is 2.05. The molecule has 62 valence electrons. The normalized spacial score (nSPS) is 10.9. The molecule has 0 saturated carbocycles. The third-order valence-corrected chi connectivity index (χ3v) is 2.61. The van der Waals surface area contributed by atoms with E-state index in [1.807, 2.05) is 32.2 Å². The van der Waals surface area contributed by atoms with Crippen LogP contribution in [-0.2, 0) is 0 Å². The van der Waals surface area contributed by atoms with Gasteiger partial charge in [0, 0.05) is 10.7 Å². The van der Waals surface area contributed by atoms with E-state index < -0.39 is 0 Å². The van der Waals surface area contributed by atoms with Crippen molar-refractivity contribution in [2.45, 2.75) is 13.8 Å². The van der Waals surface area contributed by atoms with Crippen molar-refractivity contribution in [1.29, 1.82) is 0 Å². The standard InChI is InChI=1S/C9H9BrN2/c1-6-9-8(10)4-3-5-12(9)7(2)11-6/h3-5H,1-2H3. The second kappa shape index (κ2) is 2.59. The highest BCUT2D eigenvalue weighted by Crippen LogP contribution is 2.21. The molecule has 2 nitrogen and oxygen atoms in total. The van der Waals surface area contributed by atoms with Crippen LogP contribution in [0.15, 0.2) is 22.8 Å². The smallest absolute Gasteiger partial charge is 0.110 e. The van der Waals surface area contributed by atoms with Crippen molar-refractivity contribution in [1.82, 2.24) is 9.38 Å². The number of hydrogen-bond donors (Lipinski definition) is 0. The van der Waals surface area contributed by atoms with Crippen LogP contribution in [0.25, 0.3) is 5.52 Å². The number of halogens is 1. The van der Waals surface area contributed by atoms with Gasteiger partial charge in [0.15, 0.2) is 0 Å². The molecule has 0 aromatic carbocycles. The van der Waals surface area contributed by atoms with Crippen LogP contribution < -0.4 is 0 Å². The fourth-order valence-corrected chi connectivity index (χ4v) is 2.08. The molecule has 2 heterocycles. The first-order valence-electron chi connectivity index (χ1n) is 3.80. The molecule has 0 radical (unpaired) electrons. The summed E-state index contributed by atoms with van der Waals surface area (Å²) >= 11 is 3.50. The Morgan fingerprint density at radius 3 is 2.83 bits per heavy atom. The van der Waals surface area contributed by atoms with E-state index in [-0.39, 0.29) is 0 Å². The third-order valence-electron chi connectivity index (χ3n) is 1.97. The molecule has 0 N–H and O–H groups in total. The maximum absolute atomic E-state index is 4.38. The van der Waals surface area contributed by atoms with Crippen molar-refractivity contribution in [2.24, 2.45) is 0 Å². The van der Waals surface area contributed by atoms with E-state index in [0.29, 0.717) is 0 Å². The molecule has 0 atom stereocenters. The predicted molar refractivity (Wildman–Crippen MR) is 52.4 cm³/mol. The SMILES string of the molecule is Cc1nc(C)n2cccc(Br)c12. The Kier molecular flexibility index (Phi) is 1.68. The zero-order valence-corrected chi connectivity index (χ0v) is 8.59. The number of pyridine rings is 1. The summed E-state index contributed by atoms with van der Waals surface area (Å²) in [6, 6.07) is 4.04. The van der Waals surface area contributed by atoms with Gasteiger partial charge in [0.1, 0.15) is 5.82 Å². The summed E-state index contributed by atoms with van der Waals surface area (Å²) in [6.45, 7) is 4.03. The minimum absolute atomic E-state index is 1.03. The number of hydrogen-bond acceptors (Lipinski definition) is 1. The zero-order valence-electron chi connectivity index (χ0n) is 7.00.